The van der Waals surface area contributed by atoms with Crippen molar-refractivity contribution < 1.29 is 6.85 Å². The highest BCUT2D eigenvalue weighted by Crippen LogP contribution is 2.44. The van der Waals surface area contributed by atoms with Crippen LogP contribution < -0.4 is 0 Å². The summed E-state index contributed by atoms with van der Waals surface area (Å²) in [6, 6.07) is 29.6. The van der Waals surface area contributed by atoms with Gasteiger partial charge in [-0.3, -0.25) is 0 Å². The number of benzene rings is 6. The standard InChI is InChI=1S/C34H26/c1-23-19-24(2)21-28(20-23)26-13-10-14-27(22-26)34-31-17-8-6-15-29(31)33(25-11-4-3-5-12-25)30-16-7-9-18-32(30)34/h3-22H,1-2H3/i3D,4D,5D,11D,12D. The van der Waals surface area contributed by atoms with E-state index >= 15 is 0 Å². The third-order valence-corrected chi connectivity index (χ3v) is 6.39. The minimum absolute atomic E-state index is 0.194. The van der Waals surface area contributed by atoms with Gasteiger partial charge in [0.05, 0.1) is 6.85 Å². The van der Waals surface area contributed by atoms with Gasteiger partial charge in [0.2, 0.25) is 0 Å². The van der Waals surface area contributed by atoms with Crippen LogP contribution in [0.25, 0.3) is 54.9 Å². The normalized spacial score (nSPS) is 13.3. The van der Waals surface area contributed by atoms with Crippen molar-refractivity contribution in [3.8, 4) is 33.4 Å². The van der Waals surface area contributed by atoms with Gasteiger partial charge in [-0.1, -0.05) is 126 Å². The number of hydrogen-bond donors (Lipinski definition) is 0. The Labute approximate surface area is 208 Å². The third-order valence-electron chi connectivity index (χ3n) is 6.39. The van der Waals surface area contributed by atoms with Crippen molar-refractivity contribution in [2.24, 2.45) is 0 Å². The molecule has 0 aliphatic carbocycles. The van der Waals surface area contributed by atoms with E-state index in [0.717, 1.165) is 38.2 Å². The van der Waals surface area contributed by atoms with E-state index in [0.29, 0.717) is 5.56 Å². The quantitative estimate of drug-likeness (QED) is 0.241. The van der Waals surface area contributed by atoms with E-state index in [2.05, 4.69) is 68.4 Å². The molecule has 0 heteroatoms. The summed E-state index contributed by atoms with van der Waals surface area (Å²) >= 11 is 0. The first-order valence-corrected chi connectivity index (χ1v) is 11.5. The minimum Gasteiger partial charge on any atom is -0.0622 e. The summed E-state index contributed by atoms with van der Waals surface area (Å²) in [6.07, 6.45) is 0. The van der Waals surface area contributed by atoms with E-state index < -0.39 is 0 Å². The predicted molar refractivity (Wildman–Crippen MR) is 147 cm³/mol. The lowest BCUT2D eigenvalue weighted by Gasteiger charge is -2.18. The zero-order chi connectivity index (χ0) is 27.4. The van der Waals surface area contributed by atoms with Gasteiger partial charge >= 0.3 is 0 Å². The predicted octanol–water partition coefficient (Wildman–Crippen LogP) is 9.61. The van der Waals surface area contributed by atoms with Gasteiger partial charge in [-0.25, -0.2) is 0 Å². The van der Waals surface area contributed by atoms with Crippen LogP contribution in [0, 0.1) is 13.8 Å². The maximum atomic E-state index is 8.73. The second kappa shape index (κ2) is 8.32. The van der Waals surface area contributed by atoms with Gasteiger partial charge in [-0.15, -0.1) is 0 Å². The lowest BCUT2D eigenvalue weighted by Crippen LogP contribution is -1.91. The van der Waals surface area contributed by atoms with E-state index in [1.165, 1.54) is 16.7 Å². The summed E-state index contributed by atoms with van der Waals surface area (Å²) in [7, 11) is 0. The number of hydrogen-bond acceptors (Lipinski definition) is 0. The maximum absolute atomic E-state index is 8.73. The molecule has 34 heavy (non-hydrogen) atoms. The van der Waals surface area contributed by atoms with Gasteiger partial charge < -0.3 is 0 Å². The lowest BCUT2D eigenvalue weighted by molar-refractivity contribution is 1.38. The summed E-state index contributed by atoms with van der Waals surface area (Å²) in [4.78, 5) is 0. The van der Waals surface area contributed by atoms with Crippen LogP contribution in [0.15, 0.2) is 121 Å². The number of rotatable bonds is 3. The van der Waals surface area contributed by atoms with Crippen molar-refractivity contribution in [3.05, 3.63) is 132 Å². The van der Waals surface area contributed by atoms with E-state index in [4.69, 9.17) is 6.85 Å². The lowest BCUT2D eigenvalue weighted by atomic mass is 9.85. The molecule has 0 fully saturated rings. The van der Waals surface area contributed by atoms with Gasteiger partial charge in [-0.05, 0) is 74.8 Å². The molecule has 0 N–H and O–H groups in total. The van der Waals surface area contributed by atoms with Crippen molar-refractivity contribution in [1.29, 1.82) is 0 Å². The maximum Gasteiger partial charge on any atom is 0.0629 e. The number of aryl methyl sites for hydroxylation is 2. The Kier molecular flexibility index (Phi) is 3.83. The van der Waals surface area contributed by atoms with Crippen LogP contribution in [0.3, 0.4) is 0 Å². The zero-order valence-electron chi connectivity index (χ0n) is 24.2. The van der Waals surface area contributed by atoms with Gasteiger partial charge in [0.25, 0.3) is 0 Å². The second-order valence-corrected chi connectivity index (χ2v) is 8.80. The van der Waals surface area contributed by atoms with Crippen LogP contribution in [0.2, 0.25) is 0 Å². The van der Waals surface area contributed by atoms with Gasteiger partial charge in [-0.2, -0.15) is 0 Å². The Balaban J connectivity index is 1.72. The topological polar surface area (TPSA) is 0 Å². The highest BCUT2D eigenvalue weighted by molar-refractivity contribution is 6.21. The summed E-state index contributed by atoms with van der Waals surface area (Å²) in [5.74, 6) is 0. The molecule has 0 saturated carbocycles. The molecule has 0 atom stereocenters. The molecule has 0 radical (unpaired) electrons. The van der Waals surface area contributed by atoms with Gasteiger partial charge in [0.1, 0.15) is 0 Å². The summed E-state index contributed by atoms with van der Waals surface area (Å²) < 4.78 is 42.2. The largest absolute Gasteiger partial charge is 0.0629 e. The Morgan fingerprint density at radius 1 is 0.441 bits per heavy atom. The van der Waals surface area contributed by atoms with E-state index in [9.17, 15) is 0 Å². The van der Waals surface area contributed by atoms with Gasteiger partial charge in [0, 0.05) is 0 Å². The molecule has 0 saturated heterocycles. The summed E-state index contributed by atoms with van der Waals surface area (Å²) in [6.45, 7) is 4.22. The van der Waals surface area contributed by atoms with Crippen LogP contribution in [0.5, 0.6) is 0 Å². The van der Waals surface area contributed by atoms with Crippen LogP contribution >= 0.6 is 0 Å². The van der Waals surface area contributed by atoms with E-state index in [-0.39, 0.29) is 35.8 Å². The fourth-order valence-corrected chi connectivity index (χ4v) is 5.08. The summed E-state index contributed by atoms with van der Waals surface area (Å²) in [5.41, 5.74) is 7.73. The fourth-order valence-electron chi connectivity index (χ4n) is 5.08. The van der Waals surface area contributed by atoms with Crippen molar-refractivity contribution in [2.45, 2.75) is 13.8 Å². The molecule has 0 amide bonds. The highest BCUT2D eigenvalue weighted by Gasteiger charge is 2.16. The minimum atomic E-state index is -0.387. The molecule has 0 nitrogen and oxygen atoms in total. The van der Waals surface area contributed by atoms with Crippen LogP contribution in [0.1, 0.15) is 18.0 Å². The van der Waals surface area contributed by atoms with Crippen LogP contribution in [-0.2, 0) is 0 Å². The molecule has 0 bridgehead atoms. The van der Waals surface area contributed by atoms with E-state index in [1.54, 1.807) is 0 Å². The monoisotopic (exact) mass is 439 g/mol. The molecule has 0 heterocycles. The summed E-state index contributed by atoms with van der Waals surface area (Å²) in [5, 5.41) is 3.63. The molecule has 6 aromatic carbocycles. The smallest absolute Gasteiger partial charge is 0.0622 e. The second-order valence-electron chi connectivity index (χ2n) is 8.80. The third kappa shape index (κ3) is 3.49. The van der Waals surface area contributed by atoms with Crippen LogP contribution in [-0.4, -0.2) is 0 Å². The van der Waals surface area contributed by atoms with Crippen molar-refractivity contribution in [2.75, 3.05) is 0 Å². The number of fused-ring (bicyclic) bond motifs is 2. The van der Waals surface area contributed by atoms with Crippen molar-refractivity contribution >= 4 is 21.5 Å². The molecule has 162 valence electrons. The van der Waals surface area contributed by atoms with Crippen molar-refractivity contribution in [3.63, 3.8) is 0 Å². The average molecular weight is 440 g/mol. The molecule has 0 spiro atoms. The van der Waals surface area contributed by atoms with E-state index in [1.807, 2.05) is 36.4 Å². The first kappa shape index (κ1) is 15.6. The Hall–Kier alpha value is -4.16. The van der Waals surface area contributed by atoms with Crippen LogP contribution in [0.4, 0.5) is 0 Å². The molecule has 0 unspecified atom stereocenters. The zero-order valence-corrected chi connectivity index (χ0v) is 19.2. The van der Waals surface area contributed by atoms with Gasteiger partial charge in [0.15, 0.2) is 0 Å². The average Bonchev–Trinajstić information content (AvgIpc) is 2.94. The van der Waals surface area contributed by atoms with Crippen molar-refractivity contribution in [1.82, 2.24) is 0 Å². The Bertz CT molecular complexity index is 1830. The first-order valence-electron chi connectivity index (χ1n) is 14.0. The molecule has 0 aliphatic heterocycles. The fraction of sp³-hybridized carbons (Fsp3) is 0.0588. The molecule has 6 rings (SSSR count). The SMILES string of the molecule is [2H]c1c([2H])c([2H])c(-c2c3ccccc3c(-c3cccc(-c4cc(C)cc(C)c4)c3)c3ccccc23)c([2H])c1[2H]. The molecule has 6 aromatic rings. The first-order chi connectivity index (χ1) is 18.8. The molecule has 0 aliphatic rings. The Morgan fingerprint density at radius 3 is 1.50 bits per heavy atom. The molecular weight excluding hydrogens is 408 g/mol. The molecular formula is C34H26. The Morgan fingerprint density at radius 2 is 0.941 bits per heavy atom. The molecule has 0 aromatic heterocycles. The highest BCUT2D eigenvalue weighted by atomic mass is 14.2.